The summed E-state index contributed by atoms with van der Waals surface area (Å²) in [4.78, 5) is 39.7. The first kappa shape index (κ1) is 27.9. The number of halogens is 4. The molecule has 36 heavy (non-hydrogen) atoms. The fraction of sp³-hybridized carbons (Fsp3) is 0.318. The van der Waals surface area contributed by atoms with Gasteiger partial charge in [0.25, 0.3) is 0 Å². The molecule has 2 aromatic carbocycles. The Kier molecular flexibility index (Phi) is 8.94. The molecular weight excluding hydrogens is 622 g/mol. The number of aryl methyl sites for hydroxylation is 1. The number of hydroxylamine groups is 2. The van der Waals surface area contributed by atoms with E-state index in [1.807, 2.05) is 0 Å². The fourth-order valence-corrected chi connectivity index (χ4v) is 9.42. The summed E-state index contributed by atoms with van der Waals surface area (Å²) < 4.78 is 72.9. The van der Waals surface area contributed by atoms with Crippen LogP contribution < -0.4 is 4.74 Å². The third-order valence-electron chi connectivity index (χ3n) is 4.83. The molecular formula is C22H21F3INO8S. The summed E-state index contributed by atoms with van der Waals surface area (Å²) >= 11 is -3.53. The number of carbonyl (C=O) groups is 3. The van der Waals surface area contributed by atoms with E-state index in [9.17, 15) is 36.0 Å². The van der Waals surface area contributed by atoms with Crippen LogP contribution in [0.3, 0.4) is 0 Å². The molecule has 0 aliphatic carbocycles. The first-order chi connectivity index (χ1) is 16.9. The van der Waals surface area contributed by atoms with Crippen LogP contribution in [0, 0.1) is 7.14 Å². The normalized spacial score (nSPS) is 14.7. The molecule has 0 spiro atoms. The Morgan fingerprint density at radius 2 is 1.50 bits per heavy atom. The third kappa shape index (κ3) is 6.94. The number of hydrogen-bond acceptors (Lipinski definition) is 8. The molecule has 2 aromatic rings. The molecule has 3 rings (SSSR count). The summed E-state index contributed by atoms with van der Waals surface area (Å²) in [7, 11) is -4.41. The molecule has 1 saturated heterocycles. The average Bonchev–Trinajstić information content (AvgIpc) is 3.14. The SMILES string of the molecule is COc1ccc(I(OS(=O)(=O)C(F)(F)F)c2ccc(CCCC(=O)ON3C(=O)CCC3=O)cc2)cc1. The van der Waals surface area contributed by atoms with Crippen molar-refractivity contribution in [3.05, 3.63) is 61.2 Å². The van der Waals surface area contributed by atoms with Crippen molar-refractivity contribution < 1.29 is 48.1 Å². The van der Waals surface area contributed by atoms with Gasteiger partial charge in [-0.05, 0) is 0 Å². The Hall–Kier alpha value is -2.72. The van der Waals surface area contributed by atoms with Crippen molar-refractivity contribution in [3.8, 4) is 5.75 Å². The van der Waals surface area contributed by atoms with Crippen LogP contribution in [0.2, 0.25) is 0 Å². The van der Waals surface area contributed by atoms with Gasteiger partial charge in [0, 0.05) is 0 Å². The molecule has 1 aliphatic heterocycles. The zero-order valence-electron chi connectivity index (χ0n) is 18.8. The Morgan fingerprint density at radius 1 is 0.972 bits per heavy atom. The topological polar surface area (TPSA) is 116 Å². The van der Waals surface area contributed by atoms with Crippen molar-refractivity contribution in [2.75, 3.05) is 7.11 Å². The molecule has 0 N–H and O–H groups in total. The van der Waals surface area contributed by atoms with Gasteiger partial charge in [-0.25, -0.2) is 0 Å². The molecule has 0 saturated carbocycles. The zero-order chi connectivity index (χ0) is 26.5. The molecule has 196 valence electrons. The van der Waals surface area contributed by atoms with Gasteiger partial charge in [0.2, 0.25) is 0 Å². The van der Waals surface area contributed by atoms with E-state index in [2.05, 4.69) is 0 Å². The van der Waals surface area contributed by atoms with E-state index in [1.54, 1.807) is 12.1 Å². The second-order valence-corrected chi connectivity index (χ2v) is 13.9. The number of alkyl halides is 3. The molecule has 9 nitrogen and oxygen atoms in total. The quantitative estimate of drug-likeness (QED) is 0.217. The maximum absolute atomic E-state index is 13.0. The predicted octanol–water partition coefficient (Wildman–Crippen LogP) is 3.95. The van der Waals surface area contributed by atoms with E-state index < -0.39 is 53.6 Å². The van der Waals surface area contributed by atoms with Gasteiger partial charge < -0.3 is 0 Å². The van der Waals surface area contributed by atoms with Crippen molar-refractivity contribution in [2.45, 2.75) is 37.6 Å². The van der Waals surface area contributed by atoms with Crippen molar-refractivity contribution in [1.29, 1.82) is 0 Å². The number of imide groups is 1. The number of rotatable bonds is 10. The predicted molar refractivity (Wildman–Crippen MR) is 127 cm³/mol. The van der Waals surface area contributed by atoms with Gasteiger partial charge in [0.05, 0.1) is 0 Å². The summed E-state index contributed by atoms with van der Waals surface area (Å²) in [6, 6.07) is 12.1. The van der Waals surface area contributed by atoms with Crippen LogP contribution in [-0.4, -0.2) is 43.9 Å². The van der Waals surface area contributed by atoms with Crippen LogP contribution in [0.1, 0.15) is 31.2 Å². The van der Waals surface area contributed by atoms with E-state index in [0.29, 0.717) is 30.8 Å². The summed E-state index contributed by atoms with van der Waals surface area (Å²) in [5, 5.41) is 0.469. The van der Waals surface area contributed by atoms with Crippen molar-refractivity contribution in [3.63, 3.8) is 0 Å². The van der Waals surface area contributed by atoms with Gasteiger partial charge in [-0.15, -0.1) is 0 Å². The Morgan fingerprint density at radius 3 is 2.00 bits per heavy atom. The number of methoxy groups -OCH3 is 1. The molecule has 14 heteroatoms. The summed E-state index contributed by atoms with van der Waals surface area (Å²) in [6.07, 6.45) is 0.612. The number of ether oxygens (including phenoxy) is 1. The van der Waals surface area contributed by atoms with Crippen LogP contribution >= 0.6 is 20.2 Å². The zero-order valence-corrected chi connectivity index (χ0v) is 21.8. The molecule has 0 unspecified atom stereocenters. The van der Waals surface area contributed by atoms with E-state index in [4.69, 9.17) is 12.1 Å². The molecule has 0 aromatic heterocycles. The van der Waals surface area contributed by atoms with Crippen molar-refractivity contribution in [1.82, 2.24) is 5.06 Å². The van der Waals surface area contributed by atoms with Crippen LogP contribution in [-0.2, 0) is 38.3 Å². The second kappa shape index (κ2) is 11.6. The molecule has 1 aliphatic rings. The monoisotopic (exact) mass is 643 g/mol. The summed E-state index contributed by atoms with van der Waals surface area (Å²) in [6.45, 7) is 0. The Labute approximate surface area is 212 Å². The van der Waals surface area contributed by atoms with Gasteiger partial charge in [-0.1, -0.05) is 0 Å². The number of hydrogen-bond donors (Lipinski definition) is 0. The molecule has 0 radical (unpaired) electrons. The molecule has 1 fully saturated rings. The molecule has 1 heterocycles. The fourth-order valence-electron chi connectivity index (χ4n) is 3.01. The Bertz CT molecular complexity index is 1200. The van der Waals surface area contributed by atoms with Gasteiger partial charge >= 0.3 is 213 Å². The standard InChI is InChI=1S/C22H21F3INO8S/c1-33-18-11-9-17(10-12-18)26(35-36(31,32)22(23,24)25)16-7-5-15(6-8-16)3-2-4-21(30)34-27-19(28)13-14-20(27)29/h5-12H,2-4,13-14H2,1H3. The number of benzene rings is 2. The van der Waals surface area contributed by atoms with Crippen LogP contribution in [0.5, 0.6) is 5.75 Å². The van der Waals surface area contributed by atoms with Crippen molar-refractivity contribution >= 4 is 48.1 Å². The Balaban J connectivity index is 1.68. The van der Waals surface area contributed by atoms with Crippen LogP contribution in [0.25, 0.3) is 0 Å². The second-order valence-electron chi connectivity index (χ2n) is 7.39. The minimum absolute atomic E-state index is 0.00624. The van der Waals surface area contributed by atoms with Crippen LogP contribution in [0.4, 0.5) is 13.2 Å². The van der Waals surface area contributed by atoms with Gasteiger partial charge in [0.1, 0.15) is 0 Å². The minimum atomic E-state index is -5.83. The van der Waals surface area contributed by atoms with Gasteiger partial charge in [-0.3, -0.25) is 0 Å². The molecule has 0 atom stereocenters. The first-order valence-electron chi connectivity index (χ1n) is 10.4. The van der Waals surface area contributed by atoms with E-state index >= 15 is 0 Å². The van der Waals surface area contributed by atoms with E-state index in [0.717, 1.165) is 5.56 Å². The number of amides is 2. The average molecular weight is 643 g/mol. The van der Waals surface area contributed by atoms with E-state index in [-0.39, 0.29) is 19.3 Å². The van der Waals surface area contributed by atoms with E-state index in [1.165, 1.54) is 43.5 Å². The van der Waals surface area contributed by atoms with Gasteiger partial charge in [0.15, 0.2) is 0 Å². The van der Waals surface area contributed by atoms with Gasteiger partial charge in [-0.2, -0.15) is 0 Å². The van der Waals surface area contributed by atoms with Crippen molar-refractivity contribution in [2.24, 2.45) is 0 Å². The maximum atomic E-state index is 13.0. The van der Waals surface area contributed by atoms with Crippen LogP contribution in [0.15, 0.2) is 48.5 Å². The summed E-state index contributed by atoms with van der Waals surface area (Å²) in [5.74, 6) is -1.45. The molecule has 2 amide bonds. The number of carbonyl (C=O) groups excluding carboxylic acids is 3. The summed E-state index contributed by atoms with van der Waals surface area (Å²) in [5.41, 5.74) is -4.84. The third-order valence-corrected chi connectivity index (χ3v) is 11.9. The number of nitrogens with zero attached hydrogens (tertiary/aromatic N) is 1. The molecule has 0 bridgehead atoms. The first-order valence-corrected chi connectivity index (χ1v) is 14.9.